The van der Waals surface area contributed by atoms with Crippen LogP contribution in [0.25, 0.3) is 0 Å². The molecule has 0 bridgehead atoms. The predicted octanol–water partition coefficient (Wildman–Crippen LogP) is 2.41. The summed E-state index contributed by atoms with van der Waals surface area (Å²) in [5, 5.41) is 3.34. The third-order valence-electron chi connectivity index (χ3n) is 4.51. The number of hydrogen-bond acceptors (Lipinski definition) is 3. The number of halogens is 2. The van der Waals surface area contributed by atoms with Crippen LogP contribution < -0.4 is 5.32 Å². The highest BCUT2D eigenvalue weighted by Crippen LogP contribution is 2.20. The van der Waals surface area contributed by atoms with E-state index in [1.165, 1.54) is 6.42 Å². The minimum absolute atomic E-state index is 0. The van der Waals surface area contributed by atoms with Gasteiger partial charge in [0, 0.05) is 32.7 Å². The number of nitrogens with one attached hydrogen (secondary N) is 1. The van der Waals surface area contributed by atoms with E-state index in [0.717, 1.165) is 58.7 Å². The zero-order valence-electron chi connectivity index (χ0n) is 14.3. The molecule has 0 aliphatic carbocycles. The van der Waals surface area contributed by atoms with Crippen molar-refractivity contribution < 1.29 is 4.79 Å². The number of carbonyl (C=O) groups excluding carboxylic acids is 1. The lowest BCUT2D eigenvalue weighted by Crippen LogP contribution is -2.52. The summed E-state index contributed by atoms with van der Waals surface area (Å²) in [6.07, 6.45) is 3.44. The molecule has 2 heterocycles. The van der Waals surface area contributed by atoms with E-state index in [-0.39, 0.29) is 30.7 Å². The SMILES string of the molecule is CC(C)(C)CCN1CCN(C(=O)C2CCCNC2)CC1.Cl.Cl. The first-order chi connectivity index (χ1) is 9.46. The van der Waals surface area contributed by atoms with E-state index < -0.39 is 0 Å². The monoisotopic (exact) mass is 353 g/mol. The summed E-state index contributed by atoms with van der Waals surface area (Å²) in [6.45, 7) is 13.9. The Morgan fingerprint density at radius 3 is 2.27 bits per heavy atom. The van der Waals surface area contributed by atoms with Gasteiger partial charge in [0.1, 0.15) is 0 Å². The van der Waals surface area contributed by atoms with Gasteiger partial charge in [0.2, 0.25) is 5.91 Å². The highest BCUT2D eigenvalue weighted by molar-refractivity contribution is 5.85. The molecule has 2 aliphatic heterocycles. The van der Waals surface area contributed by atoms with Gasteiger partial charge in [-0.25, -0.2) is 0 Å². The first-order valence-electron chi connectivity index (χ1n) is 8.17. The van der Waals surface area contributed by atoms with Crippen LogP contribution in [0.4, 0.5) is 0 Å². The Morgan fingerprint density at radius 2 is 1.77 bits per heavy atom. The molecule has 1 atom stereocenters. The average Bonchev–Trinajstić information content (AvgIpc) is 2.45. The van der Waals surface area contributed by atoms with Gasteiger partial charge in [-0.2, -0.15) is 0 Å². The summed E-state index contributed by atoms with van der Waals surface area (Å²) in [5.74, 6) is 0.609. The number of piperidine rings is 1. The van der Waals surface area contributed by atoms with E-state index in [1.807, 2.05) is 0 Å². The quantitative estimate of drug-likeness (QED) is 0.846. The lowest BCUT2D eigenvalue weighted by Gasteiger charge is -2.38. The van der Waals surface area contributed by atoms with Crippen LogP contribution in [0.15, 0.2) is 0 Å². The van der Waals surface area contributed by atoms with E-state index in [0.29, 0.717) is 11.3 Å². The third kappa shape index (κ3) is 7.03. The summed E-state index contributed by atoms with van der Waals surface area (Å²) in [5.41, 5.74) is 0.403. The van der Waals surface area contributed by atoms with Crippen molar-refractivity contribution in [3.05, 3.63) is 0 Å². The highest BCUT2D eigenvalue weighted by atomic mass is 35.5. The maximum absolute atomic E-state index is 12.4. The van der Waals surface area contributed by atoms with Crippen LogP contribution in [-0.4, -0.2) is 61.5 Å². The van der Waals surface area contributed by atoms with Crippen molar-refractivity contribution in [1.82, 2.24) is 15.1 Å². The maximum Gasteiger partial charge on any atom is 0.227 e. The van der Waals surface area contributed by atoms with Gasteiger partial charge >= 0.3 is 0 Å². The Bertz CT molecular complexity index is 320. The Hall–Kier alpha value is -0.0300. The molecule has 2 rings (SSSR count). The second-order valence-corrected chi connectivity index (χ2v) is 7.52. The molecule has 0 saturated carbocycles. The lowest BCUT2D eigenvalue weighted by atomic mass is 9.92. The van der Waals surface area contributed by atoms with Gasteiger partial charge in [-0.15, -0.1) is 24.8 Å². The van der Waals surface area contributed by atoms with Crippen molar-refractivity contribution in [2.24, 2.45) is 11.3 Å². The van der Waals surface area contributed by atoms with E-state index in [1.54, 1.807) is 0 Å². The zero-order chi connectivity index (χ0) is 14.6. The first-order valence-corrected chi connectivity index (χ1v) is 8.17. The topological polar surface area (TPSA) is 35.6 Å². The number of rotatable bonds is 3. The van der Waals surface area contributed by atoms with Crippen LogP contribution in [0.3, 0.4) is 0 Å². The summed E-state index contributed by atoms with van der Waals surface area (Å²) >= 11 is 0. The van der Waals surface area contributed by atoms with Crippen LogP contribution in [-0.2, 0) is 4.79 Å². The van der Waals surface area contributed by atoms with Gasteiger partial charge in [0.05, 0.1) is 5.92 Å². The van der Waals surface area contributed by atoms with Gasteiger partial charge in [-0.3, -0.25) is 9.69 Å². The molecule has 2 aliphatic rings. The third-order valence-corrected chi connectivity index (χ3v) is 4.51. The van der Waals surface area contributed by atoms with Crippen LogP contribution in [0.2, 0.25) is 0 Å². The molecule has 0 aromatic carbocycles. The van der Waals surface area contributed by atoms with Crippen molar-refractivity contribution in [1.29, 1.82) is 0 Å². The highest BCUT2D eigenvalue weighted by Gasteiger charge is 2.28. The summed E-state index contributed by atoms with van der Waals surface area (Å²) < 4.78 is 0. The molecule has 1 unspecified atom stereocenters. The Balaban J connectivity index is 0.00000220. The molecule has 4 nitrogen and oxygen atoms in total. The zero-order valence-corrected chi connectivity index (χ0v) is 15.9. The second kappa shape index (κ2) is 9.96. The standard InChI is InChI=1S/C16H31N3O.2ClH/c1-16(2,3)6-8-18-9-11-19(12-10-18)15(20)14-5-4-7-17-13-14;;/h14,17H,4-13H2,1-3H3;2*1H. The molecule has 0 aromatic heterocycles. The Kier molecular flexibility index (Phi) is 9.95. The molecule has 1 amide bonds. The average molecular weight is 354 g/mol. The molecule has 0 radical (unpaired) electrons. The van der Waals surface area contributed by atoms with Crippen LogP contribution in [0.5, 0.6) is 0 Å². The molecule has 2 saturated heterocycles. The van der Waals surface area contributed by atoms with E-state index >= 15 is 0 Å². The van der Waals surface area contributed by atoms with Gasteiger partial charge in [0.25, 0.3) is 0 Å². The molecular formula is C16H33Cl2N3O. The molecule has 0 aromatic rings. The Morgan fingerprint density at radius 1 is 1.14 bits per heavy atom. The van der Waals surface area contributed by atoms with Crippen LogP contribution in [0, 0.1) is 11.3 Å². The normalized spacial score (nSPS) is 23.4. The fraction of sp³-hybridized carbons (Fsp3) is 0.938. The number of carbonyl (C=O) groups is 1. The molecule has 1 N–H and O–H groups in total. The summed E-state index contributed by atoms with van der Waals surface area (Å²) in [6, 6.07) is 0. The van der Waals surface area contributed by atoms with Gasteiger partial charge in [-0.05, 0) is 37.8 Å². The second-order valence-electron chi connectivity index (χ2n) is 7.52. The minimum atomic E-state index is 0. The minimum Gasteiger partial charge on any atom is -0.340 e. The van der Waals surface area contributed by atoms with Crippen molar-refractivity contribution in [3.8, 4) is 0 Å². The number of nitrogens with zero attached hydrogens (tertiary/aromatic N) is 2. The number of piperazine rings is 1. The molecular weight excluding hydrogens is 321 g/mol. The van der Waals surface area contributed by atoms with E-state index in [2.05, 4.69) is 35.9 Å². The summed E-state index contributed by atoms with van der Waals surface area (Å²) in [7, 11) is 0. The van der Waals surface area contributed by atoms with Crippen molar-refractivity contribution in [2.75, 3.05) is 45.8 Å². The summed E-state index contributed by atoms with van der Waals surface area (Å²) in [4.78, 5) is 17.0. The maximum atomic E-state index is 12.4. The Labute approximate surface area is 148 Å². The van der Waals surface area contributed by atoms with Crippen molar-refractivity contribution >= 4 is 30.7 Å². The van der Waals surface area contributed by atoms with Crippen molar-refractivity contribution in [2.45, 2.75) is 40.0 Å². The molecule has 0 spiro atoms. The van der Waals surface area contributed by atoms with E-state index in [9.17, 15) is 4.79 Å². The number of hydrogen-bond donors (Lipinski definition) is 1. The van der Waals surface area contributed by atoms with Crippen molar-refractivity contribution in [3.63, 3.8) is 0 Å². The van der Waals surface area contributed by atoms with Gasteiger partial charge in [0.15, 0.2) is 0 Å². The van der Waals surface area contributed by atoms with Gasteiger partial charge in [-0.1, -0.05) is 20.8 Å². The van der Waals surface area contributed by atoms with E-state index in [4.69, 9.17) is 0 Å². The first kappa shape index (κ1) is 22.0. The molecule has 22 heavy (non-hydrogen) atoms. The fourth-order valence-corrected chi connectivity index (χ4v) is 3.01. The smallest absolute Gasteiger partial charge is 0.227 e. The van der Waals surface area contributed by atoms with Crippen LogP contribution >= 0.6 is 24.8 Å². The number of amides is 1. The molecule has 132 valence electrons. The predicted molar refractivity (Wildman–Crippen MR) is 97.2 cm³/mol. The fourth-order valence-electron chi connectivity index (χ4n) is 3.01. The van der Waals surface area contributed by atoms with Crippen LogP contribution in [0.1, 0.15) is 40.0 Å². The largest absolute Gasteiger partial charge is 0.340 e. The molecule has 6 heteroatoms. The van der Waals surface area contributed by atoms with Gasteiger partial charge < -0.3 is 10.2 Å². The lowest BCUT2D eigenvalue weighted by molar-refractivity contribution is -0.137. The molecule has 2 fully saturated rings.